The summed E-state index contributed by atoms with van der Waals surface area (Å²) in [6.45, 7) is 11.5. The Hall–Kier alpha value is -0.760. The van der Waals surface area contributed by atoms with Gasteiger partial charge in [0.15, 0.2) is 0 Å². The second-order valence-corrected chi connectivity index (χ2v) is 5.02. The molecule has 0 aromatic heterocycles. The predicted octanol–water partition coefficient (Wildman–Crippen LogP) is 4.32. The molecule has 0 atom stereocenters. The zero-order valence-electron chi connectivity index (χ0n) is 12.2. The summed E-state index contributed by atoms with van der Waals surface area (Å²) in [5, 5.41) is 0. The van der Waals surface area contributed by atoms with Crippen LogP contribution in [-0.2, 0) is 9.47 Å². The van der Waals surface area contributed by atoms with Crippen molar-refractivity contribution in [2.75, 3.05) is 13.7 Å². The summed E-state index contributed by atoms with van der Waals surface area (Å²) in [5.41, 5.74) is -0.0445. The number of rotatable bonds is 8. The van der Waals surface area contributed by atoms with Crippen LogP contribution >= 0.6 is 0 Å². The highest BCUT2D eigenvalue weighted by Crippen LogP contribution is 2.20. The summed E-state index contributed by atoms with van der Waals surface area (Å²) in [6.07, 6.45) is 8.08. The maximum absolute atomic E-state index is 5.85. The summed E-state index contributed by atoms with van der Waals surface area (Å²) >= 11 is 0. The standard InChI is InChI=1S/C15H28O2/c1-7-10-14(16-6)11-8-9-12-17-15(4,5)13(2)3/h8,10-11,13H,7,9,12H2,1-6H3/b11-8+,14-10+. The number of ether oxygens (including phenoxy) is 2. The second kappa shape index (κ2) is 8.35. The van der Waals surface area contributed by atoms with Gasteiger partial charge in [-0.15, -0.1) is 0 Å². The molecule has 0 aromatic rings. The number of allylic oxidation sites excluding steroid dienone is 2. The third kappa shape index (κ3) is 7.22. The Morgan fingerprint density at radius 2 is 1.94 bits per heavy atom. The Kier molecular flexibility index (Phi) is 7.98. The highest BCUT2D eigenvalue weighted by molar-refractivity contribution is 5.11. The normalized spacial score (nSPS) is 13.7. The van der Waals surface area contributed by atoms with Gasteiger partial charge in [0.1, 0.15) is 5.76 Å². The van der Waals surface area contributed by atoms with Crippen molar-refractivity contribution in [3.05, 3.63) is 24.0 Å². The molecule has 0 aromatic carbocycles. The Morgan fingerprint density at radius 1 is 1.29 bits per heavy atom. The van der Waals surface area contributed by atoms with Gasteiger partial charge in [0, 0.05) is 0 Å². The van der Waals surface area contributed by atoms with Gasteiger partial charge in [-0.3, -0.25) is 0 Å². The molecule has 0 aliphatic carbocycles. The topological polar surface area (TPSA) is 18.5 Å². The van der Waals surface area contributed by atoms with E-state index in [9.17, 15) is 0 Å². The summed E-state index contributed by atoms with van der Waals surface area (Å²) in [7, 11) is 1.70. The third-order valence-electron chi connectivity index (χ3n) is 3.07. The average Bonchev–Trinajstić information content (AvgIpc) is 2.26. The van der Waals surface area contributed by atoms with Gasteiger partial charge in [-0.25, -0.2) is 0 Å². The minimum Gasteiger partial charge on any atom is -0.497 e. The molecule has 0 saturated heterocycles. The molecule has 0 spiro atoms. The van der Waals surface area contributed by atoms with Crippen LogP contribution in [0.1, 0.15) is 47.5 Å². The van der Waals surface area contributed by atoms with Crippen molar-refractivity contribution in [1.29, 1.82) is 0 Å². The zero-order valence-corrected chi connectivity index (χ0v) is 12.2. The number of hydrogen-bond donors (Lipinski definition) is 0. The van der Waals surface area contributed by atoms with E-state index >= 15 is 0 Å². The van der Waals surface area contributed by atoms with Gasteiger partial charge in [-0.2, -0.15) is 0 Å². The quantitative estimate of drug-likeness (QED) is 0.357. The van der Waals surface area contributed by atoms with Crippen LogP contribution in [0.15, 0.2) is 24.0 Å². The maximum Gasteiger partial charge on any atom is 0.114 e. The van der Waals surface area contributed by atoms with Gasteiger partial charge in [0.2, 0.25) is 0 Å². The highest BCUT2D eigenvalue weighted by Gasteiger charge is 2.22. The molecule has 0 radical (unpaired) electrons. The van der Waals surface area contributed by atoms with Crippen molar-refractivity contribution in [3.8, 4) is 0 Å². The van der Waals surface area contributed by atoms with E-state index in [4.69, 9.17) is 9.47 Å². The molecule has 0 unspecified atom stereocenters. The first-order valence-corrected chi connectivity index (χ1v) is 6.48. The first-order valence-electron chi connectivity index (χ1n) is 6.48. The molecule has 0 saturated carbocycles. The van der Waals surface area contributed by atoms with E-state index in [1.807, 2.05) is 6.08 Å². The van der Waals surface area contributed by atoms with Crippen LogP contribution < -0.4 is 0 Å². The summed E-state index contributed by atoms with van der Waals surface area (Å²) < 4.78 is 11.1. The molecule has 100 valence electrons. The molecule has 0 heterocycles. The zero-order chi connectivity index (χ0) is 13.3. The molecule has 0 bridgehead atoms. The van der Waals surface area contributed by atoms with Gasteiger partial charge in [-0.1, -0.05) is 26.8 Å². The molecule has 0 aliphatic heterocycles. The van der Waals surface area contributed by atoms with Crippen molar-refractivity contribution in [3.63, 3.8) is 0 Å². The lowest BCUT2D eigenvalue weighted by molar-refractivity contribution is -0.0480. The van der Waals surface area contributed by atoms with Gasteiger partial charge < -0.3 is 9.47 Å². The molecular formula is C15H28O2. The molecule has 17 heavy (non-hydrogen) atoms. The molecule has 0 N–H and O–H groups in total. The Bertz CT molecular complexity index is 250. The number of hydrogen-bond acceptors (Lipinski definition) is 2. The Morgan fingerprint density at radius 3 is 2.41 bits per heavy atom. The summed E-state index contributed by atoms with van der Waals surface area (Å²) in [4.78, 5) is 0. The van der Waals surface area contributed by atoms with Crippen molar-refractivity contribution in [1.82, 2.24) is 0 Å². The average molecular weight is 240 g/mol. The maximum atomic E-state index is 5.85. The monoisotopic (exact) mass is 240 g/mol. The van der Waals surface area contributed by atoms with E-state index < -0.39 is 0 Å². The summed E-state index contributed by atoms with van der Waals surface area (Å²) in [6, 6.07) is 0. The fourth-order valence-corrected chi connectivity index (χ4v) is 1.18. The molecular weight excluding hydrogens is 212 g/mol. The van der Waals surface area contributed by atoms with Crippen molar-refractivity contribution < 1.29 is 9.47 Å². The van der Waals surface area contributed by atoms with E-state index in [0.29, 0.717) is 5.92 Å². The van der Waals surface area contributed by atoms with E-state index in [1.165, 1.54) is 0 Å². The molecule has 0 fully saturated rings. The van der Waals surface area contributed by atoms with Crippen molar-refractivity contribution >= 4 is 0 Å². The fourth-order valence-electron chi connectivity index (χ4n) is 1.18. The largest absolute Gasteiger partial charge is 0.497 e. The molecule has 0 amide bonds. The SMILES string of the molecule is CC/C=C(\C=C\CCOC(C)(C)C(C)C)OC. The van der Waals surface area contributed by atoms with Gasteiger partial charge >= 0.3 is 0 Å². The van der Waals surface area contributed by atoms with Crippen LogP contribution in [-0.4, -0.2) is 19.3 Å². The first kappa shape index (κ1) is 16.2. The van der Waals surface area contributed by atoms with Gasteiger partial charge in [-0.05, 0) is 44.8 Å². The molecule has 2 heteroatoms. The number of methoxy groups -OCH3 is 1. The first-order chi connectivity index (χ1) is 7.94. The Balaban J connectivity index is 3.92. The fraction of sp³-hybridized carbons (Fsp3) is 0.733. The van der Waals surface area contributed by atoms with Gasteiger partial charge in [0.25, 0.3) is 0 Å². The van der Waals surface area contributed by atoms with Crippen LogP contribution in [0.4, 0.5) is 0 Å². The van der Waals surface area contributed by atoms with Gasteiger partial charge in [0.05, 0.1) is 19.3 Å². The predicted molar refractivity (Wildman–Crippen MR) is 74.0 cm³/mol. The van der Waals surface area contributed by atoms with Crippen molar-refractivity contribution in [2.24, 2.45) is 5.92 Å². The van der Waals surface area contributed by atoms with Crippen LogP contribution in [0.3, 0.4) is 0 Å². The van der Waals surface area contributed by atoms with E-state index in [2.05, 4.69) is 46.8 Å². The molecule has 0 rings (SSSR count). The van der Waals surface area contributed by atoms with E-state index in [0.717, 1.165) is 25.2 Å². The van der Waals surface area contributed by atoms with Crippen LogP contribution in [0.2, 0.25) is 0 Å². The van der Waals surface area contributed by atoms with Crippen LogP contribution in [0.25, 0.3) is 0 Å². The lowest BCUT2D eigenvalue weighted by atomic mass is 9.95. The lowest BCUT2D eigenvalue weighted by Crippen LogP contribution is -2.31. The minimum absolute atomic E-state index is 0.0445. The van der Waals surface area contributed by atoms with E-state index in [-0.39, 0.29) is 5.60 Å². The smallest absolute Gasteiger partial charge is 0.114 e. The Labute approximate surface area is 107 Å². The van der Waals surface area contributed by atoms with Crippen LogP contribution in [0.5, 0.6) is 0 Å². The minimum atomic E-state index is -0.0445. The lowest BCUT2D eigenvalue weighted by Gasteiger charge is -2.29. The van der Waals surface area contributed by atoms with Crippen molar-refractivity contribution in [2.45, 2.75) is 53.1 Å². The van der Waals surface area contributed by atoms with E-state index in [1.54, 1.807) is 7.11 Å². The summed E-state index contributed by atoms with van der Waals surface area (Å²) in [5.74, 6) is 1.46. The highest BCUT2D eigenvalue weighted by atomic mass is 16.5. The third-order valence-corrected chi connectivity index (χ3v) is 3.07. The second-order valence-electron chi connectivity index (χ2n) is 5.02. The molecule has 2 nitrogen and oxygen atoms in total. The molecule has 0 aliphatic rings. The van der Waals surface area contributed by atoms with Crippen LogP contribution in [0, 0.1) is 5.92 Å².